The molecular weight excluding hydrogens is 220 g/mol. The number of nitrogens with zero attached hydrogens (tertiary/aromatic N) is 3. The molecule has 0 fully saturated rings. The average Bonchev–Trinajstić information content (AvgIpc) is 2.53. The Balaban J connectivity index is 2.33. The summed E-state index contributed by atoms with van der Waals surface area (Å²) in [6.07, 6.45) is 0.119. The summed E-state index contributed by atoms with van der Waals surface area (Å²) in [6, 6.07) is 0. The van der Waals surface area contributed by atoms with Crippen molar-refractivity contribution in [3.63, 3.8) is 0 Å². The molecular formula is C7H10N4O3S. The molecule has 15 heavy (non-hydrogen) atoms. The van der Waals surface area contributed by atoms with Crippen LogP contribution in [0.2, 0.25) is 0 Å². The van der Waals surface area contributed by atoms with Gasteiger partial charge in [0, 0.05) is 24.4 Å². The summed E-state index contributed by atoms with van der Waals surface area (Å²) in [5.41, 5.74) is 0. The maximum absolute atomic E-state index is 11.3. The lowest BCUT2D eigenvalue weighted by molar-refractivity contribution is -0.138. The lowest BCUT2D eigenvalue weighted by atomic mass is 10.0. The van der Waals surface area contributed by atoms with Crippen LogP contribution in [0.4, 0.5) is 5.13 Å². The van der Waals surface area contributed by atoms with E-state index >= 15 is 0 Å². The molecule has 2 N–H and O–H groups in total. The van der Waals surface area contributed by atoms with Gasteiger partial charge in [0.05, 0.1) is 0 Å². The van der Waals surface area contributed by atoms with Gasteiger partial charge in [-0.05, 0) is 11.1 Å². The number of hydrogen-bond acceptors (Lipinski definition) is 6. The van der Waals surface area contributed by atoms with Crippen molar-refractivity contribution in [2.45, 2.75) is 19.8 Å². The van der Waals surface area contributed by atoms with Crippen LogP contribution < -0.4 is 5.32 Å². The number of nitrogens with one attached hydrogen (secondary N) is 1. The summed E-state index contributed by atoms with van der Waals surface area (Å²) in [7, 11) is 0. The predicted molar refractivity (Wildman–Crippen MR) is 52.4 cm³/mol. The number of amides is 1. The fourth-order valence-electron chi connectivity index (χ4n) is 1.04. The fourth-order valence-corrected chi connectivity index (χ4v) is 1.42. The quantitative estimate of drug-likeness (QED) is 0.757. The van der Waals surface area contributed by atoms with Gasteiger partial charge in [-0.15, -0.1) is 0 Å². The highest BCUT2D eigenvalue weighted by molar-refractivity contribution is 7.09. The third kappa shape index (κ3) is 4.45. The van der Waals surface area contributed by atoms with Crippen LogP contribution in [0.5, 0.6) is 0 Å². The summed E-state index contributed by atoms with van der Waals surface area (Å²) in [5.74, 6) is -1.39. The number of carboxylic acid groups (broad SMARTS) is 1. The van der Waals surface area contributed by atoms with Crippen molar-refractivity contribution in [3.8, 4) is 0 Å². The molecule has 0 aromatic carbocycles. The van der Waals surface area contributed by atoms with Crippen molar-refractivity contribution in [2.24, 2.45) is 5.92 Å². The zero-order chi connectivity index (χ0) is 11.3. The highest BCUT2D eigenvalue weighted by Crippen LogP contribution is 2.10. The van der Waals surface area contributed by atoms with Gasteiger partial charge >= 0.3 is 5.97 Å². The van der Waals surface area contributed by atoms with Gasteiger partial charge in [-0.1, -0.05) is 16.5 Å². The average molecular weight is 230 g/mol. The van der Waals surface area contributed by atoms with Gasteiger partial charge < -0.3 is 5.11 Å². The third-order valence-electron chi connectivity index (χ3n) is 1.60. The summed E-state index contributed by atoms with van der Waals surface area (Å²) in [5, 5.41) is 18.1. The summed E-state index contributed by atoms with van der Waals surface area (Å²) in [6.45, 7) is 1.70. The van der Waals surface area contributed by atoms with Crippen molar-refractivity contribution in [3.05, 3.63) is 0 Å². The summed E-state index contributed by atoms with van der Waals surface area (Å²) >= 11 is 0.972. The largest absolute Gasteiger partial charge is 0.481 e. The number of carbonyl (C=O) groups excluding carboxylic acids is 1. The van der Waals surface area contributed by atoms with E-state index in [1.807, 2.05) is 0 Å². The topological polar surface area (TPSA) is 105 Å². The maximum atomic E-state index is 11.3. The highest BCUT2D eigenvalue weighted by atomic mass is 32.1. The standard InChI is InChI=1S/C7H10N4O3S/c1-4(3-6(13)14)2-5(12)8-7-9-10-11-15-7/h4H,2-3H2,1H3,(H,13,14)(H,8,9,11,12). The Morgan fingerprint density at radius 3 is 2.80 bits per heavy atom. The van der Waals surface area contributed by atoms with E-state index < -0.39 is 5.97 Å². The molecule has 0 aliphatic rings. The van der Waals surface area contributed by atoms with Crippen LogP contribution in [-0.4, -0.2) is 31.8 Å². The zero-order valence-corrected chi connectivity index (χ0v) is 8.82. The van der Waals surface area contributed by atoms with Gasteiger partial charge in [0.2, 0.25) is 11.0 Å². The van der Waals surface area contributed by atoms with E-state index in [9.17, 15) is 9.59 Å². The van der Waals surface area contributed by atoms with Crippen LogP contribution in [0.3, 0.4) is 0 Å². The number of aliphatic carboxylic acids is 1. The Hall–Kier alpha value is -1.57. The first-order chi connectivity index (χ1) is 7.08. The molecule has 1 rings (SSSR count). The third-order valence-corrected chi connectivity index (χ3v) is 2.11. The molecule has 0 radical (unpaired) electrons. The number of anilines is 1. The van der Waals surface area contributed by atoms with Crippen LogP contribution in [0.15, 0.2) is 0 Å². The molecule has 0 aliphatic heterocycles. The Bertz CT molecular complexity index is 340. The number of rotatable bonds is 5. The number of aromatic nitrogens is 3. The second-order valence-electron chi connectivity index (χ2n) is 3.12. The lowest BCUT2D eigenvalue weighted by Crippen LogP contribution is -2.16. The van der Waals surface area contributed by atoms with Crippen LogP contribution in [0.25, 0.3) is 0 Å². The first-order valence-corrected chi connectivity index (χ1v) is 5.02. The minimum atomic E-state index is -0.909. The Morgan fingerprint density at radius 1 is 1.53 bits per heavy atom. The second kappa shape index (κ2) is 5.35. The lowest BCUT2D eigenvalue weighted by Gasteiger charge is -2.06. The SMILES string of the molecule is CC(CC(=O)O)CC(=O)Nc1nnns1. The zero-order valence-electron chi connectivity index (χ0n) is 8.01. The van der Waals surface area contributed by atoms with Crippen molar-refractivity contribution in [1.29, 1.82) is 0 Å². The molecule has 1 unspecified atom stereocenters. The smallest absolute Gasteiger partial charge is 0.303 e. The molecule has 1 atom stereocenters. The molecule has 1 aromatic rings. The fraction of sp³-hybridized carbons (Fsp3) is 0.571. The number of hydrogen-bond donors (Lipinski definition) is 2. The van der Waals surface area contributed by atoms with E-state index in [2.05, 4.69) is 20.1 Å². The molecule has 7 nitrogen and oxygen atoms in total. The van der Waals surface area contributed by atoms with E-state index in [0.717, 1.165) is 11.5 Å². The van der Waals surface area contributed by atoms with Gasteiger partial charge in [-0.25, -0.2) is 0 Å². The van der Waals surface area contributed by atoms with E-state index in [-0.39, 0.29) is 24.7 Å². The van der Waals surface area contributed by atoms with Crippen molar-refractivity contribution < 1.29 is 14.7 Å². The molecule has 1 heterocycles. The minimum absolute atomic E-state index is 0.0260. The van der Waals surface area contributed by atoms with Gasteiger partial charge in [0.1, 0.15) is 0 Å². The van der Waals surface area contributed by atoms with Crippen LogP contribution in [0, 0.1) is 5.92 Å². The van der Waals surface area contributed by atoms with E-state index in [1.165, 1.54) is 0 Å². The van der Waals surface area contributed by atoms with Crippen molar-refractivity contribution in [1.82, 2.24) is 14.8 Å². The predicted octanol–water partition coefficient (Wildman–Crippen LogP) is 0.372. The molecule has 82 valence electrons. The Labute approximate surface area is 89.7 Å². The Kier molecular flexibility index (Phi) is 4.10. The molecule has 1 amide bonds. The molecule has 0 bridgehead atoms. The van der Waals surface area contributed by atoms with Gasteiger partial charge in [0.25, 0.3) is 0 Å². The van der Waals surface area contributed by atoms with Crippen LogP contribution in [0.1, 0.15) is 19.8 Å². The van der Waals surface area contributed by atoms with Crippen molar-refractivity contribution >= 4 is 28.5 Å². The first kappa shape index (κ1) is 11.5. The van der Waals surface area contributed by atoms with Crippen molar-refractivity contribution in [2.75, 3.05) is 5.32 Å². The van der Waals surface area contributed by atoms with E-state index in [4.69, 9.17) is 5.11 Å². The van der Waals surface area contributed by atoms with Crippen LogP contribution >= 0.6 is 11.5 Å². The van der Waals surface area contributed by atoms with Crippen LogP contribution in [-0.2, 0) is 9.59 Å². The molecule has 0 aliphatic carbocycles. The normalized spacial score (nSPS) is 12.1. The Morgan fingerprint density at radius 2 is 2.27 bits per heavy atom. The number of carboxylic acids is 1. The summed E-state index contributed by atoms with van der Waals surface area (Å²) < 4.78 is 3.47. The molecule has 1 aromatic heterocycles. The number of carbonyl (C=O) groups is 2. The molecule has 0 saturated carbocycles. The molecule has 0 saturated heterocycles. The molecule has 8 heteroatoms. The van der Waals surface area contributed by atoms with Gasteiger partial charge in [-0.3, -0.25) is 14.9 Å². The first-order valence-electron chi connectivity index (χ1n) is 4.24. The highest BCUT2D eigenvalue weighted by Gasteiger charge is 2.13. The molecule has 0 spiro atoms. The van der Waals surface area contributed by atoms with E-state index in [0.29, 0.717) is 5.13 Å². The monoisotopic (exact) mass is 230 g/mol. The summed E-state index contributed by atoms with van der Waals surface area (Å²) in [4.78, 5) is 21.7. The van der Waals surface area contributed by atoms with Gasteiger partial charge in [0.15, 0.2) is 0 Å². The van der Waals surface area contributed by atoms with Gasteiger partial charge in [-0.2, -0.15) is 0 Å². The second-order valence-corrected chi connectivity index (χ2v) is 3.86. The van der Waals surface area contributed by atoms with E-state index in [1.54, 1.807) is 6.92 Å². The minimum Gasteiger partial charge on any atom is -0.481 e. The maximum Gasteiger partial charge on any atom is 0.303 e.